The summed E-state index contributed by atoms with van der Waals surface area (Å²) in [6, 6.07) is 0. The Kier molecular flexibility index (Phi) is 17.8. The molecule has 2 N–H and O–H groups in total. The number of alkyl carbamates (subject to hydrolysis) is 2. The smallest absolute Gasteiger partial charge is 0.407 e. The van der Waals surface area contributed by atoms with Crippen molar-refractivity contribution in [1.29, 1.82) is 0 Å². The molecule has 0 aromatic rings. The number of hydrogen-bond donors (Lipinski definition) is 2. The van der Waals surface area contributed by atoms with Gasteiger partial charge in [-0.05, 0) is 92.1 Å². The number of amides is 2. The average Bonchev–Trinajstić information content (AvgIpc) is 2.61. The van der Waals surface area contributed by atoms with E-state index in [0.29, 0.717) is 31.2 Å². The topological polar surface area (TPSA) is 111 Å². The number of carbonyl (C=O) groups excluding carboxylic acids is 2. The van der Waals surface area contributed by atoms with Crippen LogP contribution in [0.2, 0.25) is 0 Å². The molecule has 0 aliphatic carbocycles. The van der Waals surface area contributed by atoms with Crippen molar-refractivity contribution in [1.82, 2.24) is 10.6 Å². The van der Waals surface area contributed by atoms with Gasteiger partial charge in [-0.1, -0.05) is 13.8 Å². The van der Waals surface area contributed by atoms with Gasteiger partial charge in [0.15, 0.2) is 9.84 Å². The summed E-state index contributed by atoms with van der Waals surface area (Å²) in [4.78, 5) is 22.5. The van der Waals surface area contributed by atoms with E-state index in [1.54, 1.807) is 34.6 Å². The monoisotopic (exact) mass is 526 g/mol. The molecule has 0 aliphatic rings. The van der Waals surface area contributed by atoms with E-state index < -0.39 is 27.1 Å². The standard InChI is InChI=1S/C12H25NO4S.C12H25NO2S/c1-10(2)18(15,16)9-7-6-8-13-11(14)17-12(3,4)5;1-10(2)16-9-7-6-8-13-11(14)15-12(3,4)5/h10H,6-9H2,1-5H3,(H,13,14);10H,6-9H2,1-5H3,(H,13,14). The molecule has 0 heterocycles. The number of unbranched alkanes of at least 4 members (excludes halogenated alkanes) is 2. The Morgan fingerprint density at radius 1 is 0.765 bits per heavy atom. The van der Waals surface area contributed by atoms with Gasteiger partial charge in [-0.25, -0.2) is 18.0 Å². The molecule has 0 spiro atoms. The summed E-state index contributed by atoms with van der Waals surface area (Å²) in [6.45, 7) is 19.9. The fraction of sp³-hybridized carbons (Fsp3) is 0.917. The van der Waals surface area contributed by atoms with Crippen LogP contribution in [0.1, 0.15) is 94.9 Å². The Morgan fingerprint density at radius 3 is 1.53 bits per heavy atom. The molecule has 34 heavy (non-hydrogen) atoms. The van der Waals surface area contributed by atoms with Gasteiger partial charge in [0, 0.05) is 13.1 Å². The first-order valence-corrected chi connectivity index (χ1v) is 14.9. The number of ether oxygens (including phenoxy) is 2. The third-order valence-corrected chi connectivity index (χ3v) is 7.42. The van der Waals surface area contributed by atoms with Gasteiger partial charge in [0.05, 0.1) is 11.0 Å². The van der Waals surface area contributed by atoms with E-state index in [2.05, 4.69) is 24.5 Å². The molecule has 0 fully saturated rings. The Hall–Kier alpha value is -1.16. The lowest BCUT2D eigenvalue weighted by atomic mass is 10.2. The Morgan fingerprint density at radius 2 is 1.18 bits per heavy atom. The van der Waals surface area contributed by atoms with Crippen LogP contribution in [0.4, 0.5) is 9.59 Å². The van der Waals surface area contributed by atoms with Crippen molar-refractivity contribution in [3.63, 3.8) is 0 Å². The summed E-state index contributed by atoms with van der Waals surface area (Å²) in [5.41, 5.74) is -0.914. The fourth-order valence-corrected chi connectivity index (χ4v) is 4.14. The summed E-state index contributed by atoms with van der Waals surface area (Å²) in [6.07, 6.45) is 2.55. The Bertz CT molecular complexity index is 666. The van der Waals surface area contributed by atoms with Crippen LogP contribution in [0.15, 0.2) is 0 Å². The zero-order valence-corrected chi connectivity index (χ0v) is 24.7. The predicted octanol–water partition coefficient (Wildman–Crippen LogP) is 5.55. The highest BCUT2D eigenvalue weighted by Crippen LogP contribution is 2.11. The lowest BCUT2D eigenvalue weighted by Crippen LogP contribution is -2.33. The van der Waals surface area contributed by atoms with Crippen molar-refractivity contribution in [2.75, 3.05) is 24.6 Å². The second kappa shape index (κ2) is 17.3. The van der Waals surface area contributed by atoms with Crippen LogP contribution < -0.4 is 10.6 Å². The van der Waals surface area contributed by atoms with Crippen molar-refractivity contribution in [2.24, 2.45) is 0 Å². The molecule has 0 unspecified atom stereocenters. The number of thioether (sulfide) groups is 1. The van der Waals surface area contributed by atoms with Gasteiger partial charge in [-0.2, -0.15) is 11.8 Å². The van der Waals surface area contributed by atoms with Crippen LogP contribution in [0.25, 0.3) is 0 Å². The molecule has 0 saturated heterocycles. The van der Waals surface area contributed by atoms with Gasteiger partial charge in [-0.3, -0.25) is 0 Å². The van der Waals surface area contributed by atoms with E-state index in [1.807, 2.05) is 32.5 Å². The SMILES string of the molecule is CC(C)S(=O)(=O)CCCCNC(=O)OC(C)(C)C.CC(C)SCCCCNC(=O)OC(C)(C)C. The zero-order valence-electron chi connectivity index (χ0n) is 23.1. The van der Waals surface area contributed by atoms with Gasteiger partial charge in [0.2, 0.25) is 0 Å². The predicted molar refractivity (Wildman–Crippen MR) is 143 cm³/mol. The lowest BCUT2D eigenvalue weighted by molar-refractivity contribution is 0.0515. The van der Waals surface area contributed by atoms with Crippen LogP contribution >= 0.6 is 11.8 Å². The summed E-state index contributed by atoms with van der Waals surface area (Å²) in [5, 5.41) is 5.71. The molecule has 2 amide bonds. The number of rotatable bonds is 12. The highest BCUT2D eigenvalue weighted by molar-refractivity contribution is 7.99. The van der Waals surface area contributed by atoms with E-state index in [1.165, 1.54) is 0 Å². The highest BCUT2D eigenvalue weighted by Gasteiger charge is 2.17. The van der Waals surface area contributed by atoms with Crippen LogP contribution in [0.3, 0.4) is 0 Å². The van der Waals surface area contributed by atoms with Crippen molar-refractivity contribution >= 4 is 33.8 Å². The van der Waals surface area contributed by atoms with Gasteiger partial charge >= 0.3 is 12.2 Å². The second-order valence-corrected chi connectivity index (χ2v) is 15.0. The van der Waals surface area contributed by atoms with Gasteiger partial charge < -0.3 is 20.1 Å². The molecule has 0 aliphatic heterocycles. The molecular formula is C24H50N2O6S2. The first-order valence-electron chi connectivity index (χ1n) is 12.1. The summed E-state index contributed by atoms with van der Waals surface area (Å²) < 4.78 is 33.2. The molecule has 0 saturated carbocycles. The summed E-state index contributed by atoms with van der Waals surface area (Å²) in [7, 11) is -2.97. The molecule has 8 nitrogen and oxygen atoms in total. The van der Waals surface area contributed by atoms with E-state index >= 15 is 0 Å². The normalized spacial score (nSPS) is 12.1. The Balaban J connectivity index is 0. The third kappa shape index (κ3) is 25.5. The highest BCUT2D eigenvalue weighted by atomic mass is 32.2. The van der Waals surface area contributed by atoms with E-state index in [0.717, 1.165) is 18.6 Å². The van der Waals surface area contributed by atoms with Crippen molar-refractivity contribution in [3.8, 4) is 0 Å². The number of sulfone groups is 1. The van der Waals surface area contributed by atoms with Crippen LogP contribution in [-0.2, 0) is 19.3 Å². The molecule has 10 heteroatoms. The molecule has 204 valence electrons. The third-order valence-electron chi connectivity index (χ3n) is 3.93. The fourth-order valence-electron chi connectivity index (χ4n) is 2.22. The number of nitrogens with one attached hydrogen (secondary N) is 2. The average molecular weight is 527 g/mol. The molecular weight excluding hydrogens is 476 g/mol. The van der Waals surface area contributed by atoms with E-state index in [9.17, 15) is 18.0 Å². The molecule has 0 bridgehead atoms. The van der Waals surface area contributed by atoms with Gasteiger partial charge in [-0.15, -0.1) is 0 Å². The molecule has 0 atom stereocenters. The van der Waals surface area contributed by atoms with Crippen molar-refractivity contribution in [3.05, 3.63) is 0 Å². The summed E-state index contributed by atoms with van der Waals surface area (Å²) >= 11 is 1.96. The minimum Gasteiger partial charge on any atom is -0.444 e. The molecule has 0 aromatic carbocycles. The van der Waals surface area contributed by atoms with E-state index in [4.69, 9.17) is 9.47 Å². The summed E-state index contributed by atoms with van der Waals surface area (Å²) in [5.74, 6) is 1.33. The first-order chi connectivity index (χ1) is 15.4. The van der Waals surface area contributed by atoms with E-state index in [-0.39, 0.29) is 17.1 Å². The maximum atomic E-state index is 11.5. The van der Waals surface area contributed by atoms with Crippen molar-refractivity contribution < 1.29 is 27.5 Å². The first kappa shape index (κ1) is 35.0. The molecule has 0 rings (SSSR count). The zero-order chi connectivity index (χ0) is 27.0. The number of carbonyl (C=O) groups is 2. The van der Waals surface area contributed by atoms with Crippen LogP contribution in [-0.4, -0.2) is 66.9 Å². The van der Waals surface area contributed by atoms with Crippen LogP contribution in [0, 0.1) is 0 Å². The maximum Gasteiger partial charge on any atom is 0.407 e. The minimum atomic E-state index is -2.97. The van der Waals surface area contributed by atoms with Crippen molar-refractivity contribution in [2.45, 2.75) is 117 Å². The minimum absolute atomic E-state index is 0.167. The van der Waals surface area contributed by atoms with Gasteiger partial charge in [0.1, 0.15) is 11.2 Å². The Labute approximate surface area is 213 Å². The second-order valence-electron chi connectivity index (χ2n) is 10.6. The quantitative estimate of drug-likeness (QED) is 0.321. The lowest BCUT2D eigenvalue weighted by Gasteiger charge is -2.19. The number of hydrogen-bond acceptors (Lipinski definition) is 7. The van der Waals surface area contributed by atoms with Gasteiger partial charge in [0.25, 0.3) is 0 Å². The maximum absolute atomic E-state index is 11.5. The largest absolute Gasteiger partial charge is 0.444 e. The van der Waals surface area contributed by atoms with Crippen LogP contribution in [0.5, 0.6) is 0 Å². The molecule has 0 radical (unpaired) electrons. The molecule has 0 aromatic heterocycles.